The maximum atomic E-state index is 13.8. The highest BCUT2D eigenvalue weighted by molar-refractivity contribution is 5.83. The van der Waals surface area contributed by atoms with Crippen molar-refractivity contribution in [1.82, 2.24) is 15.0 Å². The Kier molecular flexibility index (Phi) is 4.70. The zero-order valence-corrected chi connectivity index (χ0v) is 15.0. The zero-order valence-electron chi connectivity index (χ0n) is 15.0. The third-order valence-electron chi connectivity index (χ3n) is 4.35. The van der Waals surface area contributed by atoms with Crippen molar-refractivity contribution >= 4 is 28.4 Å². The van der Waals surface area contributed by atoms with E-state index in [1.807, 2.05) is 31.3 Å². The Bertz CT molecular complexity index is 1070. The molecule has 4 aromatic rings. The summed E-state index contributed by atoms with van der Waals surface area (Å²) in [6.07, 6.45) is 2.91. The van der Waals surface area contributed by atoms with Crippen LogP contribution in [0.25, 0.3) is 10.9 Å². The van der Waals surface area contributed by atoms with Gasteiger partial charge in [0.15, 0.2) is 0 Å². The van der Waals surface area contributed by atoms with Gasteiger partial charge in [0.1, 0.15) is 11.6 Å². The Morgan fingerprint density at radius 3 is 2.74 bits per heavy atom. The smallest absolute Gasteiger partial charge is 0.229 e. The highest BCUT2D eigenvalue weighted by Crippen LogP contribution is 2.20. The number of nitrogens with one attached hydrogen (secondary N) is 3. The number of hydrogen-bond donors (Lipinski definition) is 3. The second kappa shape index (κ2) is 7.45. The van der Waals surface area contributed by atoms with Crippen LogP contribution in [0.15, 0.2) is 60.8 Å². The maximum Gasteiger partial charge on any atom is 0.229 e. The Hall–Kier alpha value is -3.41. The van der Waals surface area contributed by atoms with Gasteiger partial charge in [-0.05, 0) is 37.1 Å². The number of benzene rings is 2. The molecule has 0 saturated heterocycles. The first-order chi connectivity index (χ1) is 13.2. The van der Waals surface area contributed by atoms with Gasteiger partial charge in [-0.2, -0.15) is 4.98 Å². The summed E-state index contributed by atoms with van der Waals surface area (Å²) in [7, 11) is 0. The highest BCUT2D eigenvalue weighted by Gasteiger charge is 2.07. The van der Waals surface area contributed by atoms with Crippen molar-refractivity contribution < 1.29 is 4.39 Å². The SMILES string of the molecule is Cc1cc(NCCc2c[nH]c3ccccc23)nc(Nc2ccccc2F)n1. The molecule has 0 aliphatic carbocycles. The van der Waals surface area contributed by atoms with E-state index in [2.05, 4.69) is 37.7 Å². The molecule has 2 aromatic carbocycles. The number of para-hydroxylation sites is 2. The molecule has 0 aliphatic rings. The number of aryl methyl sites for hydroxylation is 1. The van der Waals surface area contributed by atoms with Crippen molar-refractivity contribution in [3.63, 3.8) is 0 Å². The van der Waals surface area contributed by atoms with Crippen LogP contribution < -0.4 is 10.6 Å². The first kappa shape index (κ1) is 17.0. The quantitative estimate of drug-likeness (QED) is 0.461. The van der Waals surface area contributed by atoms with Gasteiger partial charge in [0, 0.05) is 35.4 Å². The molecule has 6 heteroatoms. The van der Waals surface area contributed by atoms with Crippen molar-refractivity contribution in [2.45, 2.75) is 13.3 Å². The minimum absolute atomic E-state index is 0.337. The lowest BCUT2D eigenvalue weighted by atomic mass is 10.1. The van der Waals surface area contributed by atoms with Gasteiger partial charge in [-0.25, -0.2) is 9.37 Å². The van der Waals surface area contributed by atoms with E-state index in [-0.39, 0.29) is 5.82 Å². The van der Waals surface area contributed by atoms with Gasteiger partial charge in [-0.15, -0.1) is 0 Å². The van der Waals surface area contributed by atoms with E-state index in [0.29, 0.717) is 17.5 Å². The van der Waals surface area contributed by atoms with E-state index in [4.69, 9.17) is 0 Å². The normalized spacial score (nSPS) is 10.9. The molecule has 0 spiro atoms. The number of anilines is 3. The number of aromatic nitrogens is 3. The summed E-state index contributed by atoms with van der Waals surface area (Å²) in [6, 6.07) is 16.6. The lowest BCUT2D eigenvalue weighted by Gasteiger charge is -2.10. The molecule has 136 valence electrons. The van der Waals surface area contributed by atoms with Crippen LogP contribution in [0.2, 0.25) is 0 Å². The molecule has 2 aromatic heterocycles. The van der Waals surface area contributed by atoms with E-state index in [0.717, 1.165) is 24.2 Å². The molecular weight excluding hydrogens is 341 g/mol. The average Bonchev–Trinajstić information content (AvgIpc) is 3.07. The Balaban J connectivity index is 1.44. The lowest BCUT2D eigenvalue weighted by molar-refractivity contribution is 0.631. The maximum absolute atomic E-state index is 13.8. The summed E-state index contributed by atoms with van der Waals surface area (Å²) >= 11 is 0. The van der Waals surface area contributed by atoms with E-state index in [1.165, 1.54) is 17.0 Å². The van der Waals surface area contributed by atoms with Gasteiger partial charge < -0.3 is 15.6 Å². The van der Waals surface area contributed by atoms with Gasteiger partial charge in [0.25, 0.3) is 0 Å². The van der Waals surface area contributed by atoms with Gasteiger partial charge in [-0.3, -0.25) is 0 Å². The fourth-order valence-electron chi connectivity index (χ4n) is 3.06. The van der Waals surface area contributed by atoms with Crippen molar-refractivity contribution in [3.8, 4) is 0 Å². The molecule has 0 saturated carbocycles. The molecule has 5 nitrogen and oxygen atoms in total. The molecular formula is C21H20FN5. The topological polar surface area (TPSA) is 65.6 Å². The molecule has 4 rings (SSSR count). The number of fused-ring (bicyclic) bond motifs is 1. The number of aromatic amines is 1. The standard InChI is InChI=1S/C21H20FN5/c1-14-12-20(27-21(25-14)26-19-9-5-3-7-17(19)22)23-11-10-15-13-24-18-8-4-2-6-16(15)18/h2-9,12-13,24H,10-11H2,1H3,(H2,23,25,26,27). The van der Waals surface area contributed by atoms with Crippen molar-refractivity contribution in [1.29, 1.82) is 0 Å². The second-order valence-corrected chi connectivity index (χ2v) is 6.36. The molecule has 27 heavy (non-hydrogen) atoms. The van der Waals surface area contributed by atoms with Crippen LogP contribution in [0, 0.1) is 12.7 Å². The zero-order chi connectivity index (χ0) is 18.6. The lowest BCUT2D eigenvalue weighted by Crippen LogP contribution is -2.09. The molecule has 0 fully saturated rings. The minimum Gasteiger partial charge on any atom is -0.370 e. The number of rotatable bonds is 6. The van der Waals surface area contributed by atoms with Gasteiger partial charge in [0.05, 0.1) is 5.69 Å². The minimum atomic E-state index is -0.337. The number of nitrogens with zero attached hydrogens (tertiary/aromatic N) is 2. The van der Waals surface area contributed by atoms with Gasteiger partial charge in [-0.1, -0.05) is 30.3 Å². The van der Waals surface area contributed by atoms with Crippen molar-refractivity contribution in [2.24, 2.45) is 0 Å². The number of H-pyrrole nitrogens is 1. The van der Waals surface area contributed by atoms with Gasteiger partial charge >= 0.3 is 0 Å². The van der Waals surface area contributed by atoms with E-state index < -0.39 is 0 Å². The Labute approximate surface area is 156 Å². The van der Waals surface area contributed by atoms with Crippen LogP contribution in [0.3, 0.4) is 0 Å². The average molecular weight is 361 g/mol. The second-order valence-electron chi connectivity index (χ2n) is 6.36. The van der Waals surface area contributed by atoms with Gasteiger partial charge in [0.2, 0.25) is 5.95 Å². The van der Waals surface area contributed by atoms with Crippen LogP contribution in [-0.4, -0.2) is 21.5 Å². The summed E-state index contributed by atoms with van der Waals surface area (Å²) in [6.45, 7) is 2.62. The third-order valence-corrected chi connectivity index (χ3v) is 4.35. The summed E-state index contributed by atoms with van der Waals surface area (Å²) in [5, 5.41) is 7.51. The van der Waals surface area contributed by atoms with E-state index in [9.17, 15) is 4.39 Å². The largest absolute Gasteiger partial charge is 0.370 e. The summed E-state index contributed by atoms with van der Waals surface area (Å²) < 4.78 is 13.8. The van der Waals surface area contributed by atoms with E-state index in [1.54, 1.807) is 18.2 Å². The number of hydrogen-bond acceptors (Lipinski definition) is 4. The first-order valence-electron chi connectivity index (χ1n) is 8.85. The van der Waals surface area contributed by atoms with Crippen LogP contribution in [0.5, 0.6) is 0 Å². The van der Waals surface area contributed by atoms with Crippen molar-refractivity contribution in [2.75, 3.05) is 17.2 Å². The summed E-state index contributed by atoms with van der Waals surface area (Å²) in [5.74, 6) is 0.743. The fourth-order valence-corrected chi connectivity index (χ4v) is 3.06. The predicted octanol–water partition coefficient (Wildman–Crippen LogP) is 4.80. The first-order valence-corrected chi connectivity index (χ1v) is 8.85. The summed E-state index contributed by atoms with van der Waals surface area (Å²) in [5.41, 5.74) is 3.56. The van der Waals surface area contributed by atoms with Crippen molar-refractivity contribution in [3.05, 3.63) is 77.9 Å². The molecule has 3 N–H and O–H groups in total. The number of halogens is 1. The van der Waals surface area contributed by atoms with Crippen LogP contribution in [0.4, 0.5) is 21.8 Å². The van der Waals surface area contributed by atoms with E-state index >= 15 is 0 Å². The molecule has 0 radical (unpaired) electrons. The predicted molar refractivity (Wildman–Crippen MR) is 107 cm³/mol. The summed E-state index contributed by atoms with van der Waals surface area (Å²) in [4.78, 5) is 12.1. The molecule has 0 amide bonds. The molecule has 0 bridgehead atoms. The van der Waals surface area contributed by atoms with Crippen LogP contribution in [-0.2, 0) is 6.42 Å². The molecule has 2 heterocycles. The Morgan fingerprint density at radius 2 is 1.85 bits per heavy atom. The van der Waals surface area contributed by atoms with Crippen LogP contribution in [0.1, 0.15) is 11.3 Å². The molecule has 0 aliphatic heterocycles. The fraction of sp³-hybridized carbons (Fsp3) is 0.143. The van der Waals surface area contributed by atoms with Crippen LogP contribution >= 0.6 is 0 Å². The Morgan fingerprint density at radius 1 is 1.04 bits per heavy atom. The molecule has 0 atom stereocenters. The monoisotopic (exact) mass is 361 g/mol. The highest BCUT2D eigenvalue weighted by atomic mass is 19.1. The molecule has 0 unspecified atom stereocenters. The third kappa shape index (κ3) is 3.89.